The van der Waals surface area contributed by atoms with Crippen LogP contribution in [0.2, 0.25) is 0 Å². The van der Waals surface area contributed by atoms with Crippen LogP contribution in [0.15, 0.2) is 0 Å². The molecule has 0 aromatic carbocycles. The van der Waals surface area contributed by atoms with Crippen LogP contribution < -0.4 is 5.32 Å². The molecule has 122 valence electrons. The fraction of sp³-hybridized carbons (Fsp3) is 1.00. The van der Waals surface area contributed by atoms with Crippen molar-refractivity contribution in [2.45, 2.75) is 70.9 Å². The number of aliphatic hydroxyl groups excluding tert-OH is 1. The van der Waals surface area contributed by atoms with Gasteiger partial charge in [-0.2, -0.15) is 0 Å². The zero-order valence-corrected chi connectivity index (χ0v) is 14.2. The Bertz CT molecular complexity index is 357. The minimum atomic E-state index is -0.0211. The van der Waals surface area contributed by atoms with E-state index in [-0.39, 0.29) is 11.6 Å². The van der Waals surface area contributed by atoms with Gasteiger partial charge in [0.05, 0.1) is 6.10 Å². The summed E-state index contributed by atoms with van der Waals surface area (Å²) in [4.78, 5) is 2.67. The first-order valence-corrected chi connectivity index (χ1v) is 9.02. The van der Waals surface area contributed by atoms with E-state index in [1.165, 1.54) is 45.2 Å². The maximum absolute atomic E-state index is 10.1. The Balaban J connectivity index is 1.58. The number of aliphatic hydroxyl groups is 1. The number of rotatable bonds is 4. The van der Waals surface area contributed by atoms with Gasteiger partial charge in [-0.15, -0.1) is 0 Å². The normalized spacial score (nSPS) is 36.3. The van der Waals surface area contributed by atoms with Crippen molar-refractivity contribution < 1.29 is 5.11 Å². The van der Waals surface area contributed by atoms with Crippen LogP contribution in [0, 0.1) is 17.3 Å². The molecule has 1 heterocycles. The second-order valence-electron chi connectivity index (χ2n) is 9.07. The Kier molecular flexibility index (Phi) is 4.37. The summed E-state index contributed by atoms with van der Waals surface area (Å²) < 4.78 is 0. The van der Waals surface area contributed by atoms with E-state index in [1.807, 2.05) is 0 Å². The highest BCUT2D eigenvalue weighted by Gasteiger charge is 2.44. The summed E-state index contributed by atoms with van der Waals surface area (Å²) in [7, 11) is 0. The van der Waals surface area contributed by atoms with Crippen LogP contribution in [0.25, 0.3) is 0 Å². The minimum absolute atomic E-state index is 0.0211. The molecular weight excluding hydrogens is 260 g/mol. The highest BCUT2D eigenvalue weighted by molar-refractivity contribution is 4.98. The average molecular weight is 294 g/mol. The van der Waals surface area contributed by atoms with Gasteiger partial charge in [-0.05, 0) is 57.8 Å². The van der Waals surface area contributed by atoms with E-state index in [0.717, 1.165) is 25.4 Å². The molecule has 0 amide bonds. The SMILES string of the molecule is CC(C)(C)NCC1(CN2CC3CCC(O)C3C2)CCCC1. The molecule has 3 fully saturated rings. The van der Waals surface area contributed by atoms with Gasteiger partial charge in [0, 0.05) is 37.6 Å². The van der Waals surface area contributed by atoms with Gasteiger partial charge in [-0.1, -0.05) is 12.8 Å². The molecule has 1 saturated heterocycles. The molecule has 2 saturated carbocycles. The molecule has 0 radical (unpaired) electrons. The molecule has 3 rings (SSSR count). The lowest BCUT2D eigenvalue weighted by atomic mass is 9.84. The van der Waals surface area contributed by atoms with E-state index in [4.69, 9.17) is 0 Å². The fourth-order valence-electron chi connectivity index (χ4n) is 4.90. The predicted octanol–water partition coefficient (Wildman–Crippen LogP) is 2.64. The topological polar surface area (TPSA) is 35.5 Å². The van der Waals surface area contributed by atoms with Crippen LogP contribution in [-0.4, -0.2) is 47.8 Å². The van der Waals surface area contributed by atoms with Gasteiger partial charge < -0.3 is 15.3 Å². The van der Waals surface area contributed by atoms with E-state index in [0.29, 0.717) is 11.3 Å². The second-order valence-corrected chi connectivity index (χ2v) is 9.07. The van der Waals surface area contributed by atoms with Crippen LogP contribution in [0.5, 0.6) is 0 Å². The quantitative estimate of drug-likeness (QED) is 0.837. The molecule has 1 aliphatic heterocycles. The summed E-state index contributed by atoms with van der Waals surface area (Å²) in [5.41, 5.74) is 0.699. The number of likely N-dealkylation sites (tertiary alicyclic amines) is 1. The van der Waals surface area contributed by atoms with Crippen molar-refractivity contribution in [3.8, 4) is 0 Å². The standard InChI is InChI=1S/C18H34N2O/c1-17(2,3)19-12-18(8-4-5-9-18)13-20-10-14-6-7-16(21)15(14)11-20/h14-16,19,21H,4-13H2,1-3H3. The predicted molar refractivity (Wildman–Crippen MR) is 87.3 cm³/mol. The Hall–Kier alpha value is -0.120. The Morgan fingerprint density at radius 1 is 1.14 bits per heavy atom. The van der Waals surface area contributed by atoms with E-state index in [2.05, 4.69) is 31.0 Å². The van der Waals surface area contributed by atoms with Gasteiger partial charge >= 0.3 is 0 Å². The molecule has 3 atom stereocenters. The molecule has 21 heavy (non-hydrogen) atoms. The summed E-state index contributed by atoms with van der Waals surface area (Å²) in [6, 6.07) is 0. The molecule has 0 aromatic heterocycles. The van der Waals surface area contributed by atoms with Gasteiger partial charge in [0.1, 0.15) is 0 Å². The largest absolute Gasteiger partial charge is 0.393 e. The van der Waals surface area contributed by atoms with Crippen molar-refractivity contribution in [2.75, 3.05) is 26.2 Å². The molecule has 2 aliphatic carbocycles. The lowest BCUT2D eigenvalue weighted by Gasteiger charge is -2.37. The third-order valence-electron chi connectivity index (χ3n) is 6.11. The molecular formula is C18H34N2O. The second kappa shape index (κ2) is 5.82. The third kappa shape index (κ3) is 3.62. The third-order valence-corrected chi connectivity index (χ3v) is 6.11. The lowest BCUT2D eigenvalue weighted by Crippen LogP contribution is -2.47. The Labute approximate surface area is 130 Å². The maximum atomic E-state index is 10.1. The van der Waals surface area contributed by atoms with Crippen molar-refractivity contribution in [2.24, 2.45) is 17.3 Å². The zero-order chi connectivity index (χ0) is 15.1. The molecule has 2 N–H and O–H groups in total. The number of hydrogen-bond donors (Lipinski definition) is 2. The van der Waals surface area contributed by atoms with Crippen LogP contribution in [-0.2, 0) is 0 Å². The first-order valence-electron chi connectivity index (χ1n) is 9.02. The van der Waals surface area contributed by atoms with E-state index >= 15 is 0 Å². The van der Waals surface area contributed by atoms with Crippen molar-refractivity contribution in [3.63, 3.8) is 0 Å². The van der Waals surface area contributed by atoms with E-state index in [1.54, 1.807) is 0 Å². The molecule has 3 nitrogen and oxygen atoms in total. The van der Waals surface area contributed by atoms with Crippen molar-refractivity contribution >= 4 is 0 Å². The first kappa shape index (κ1) is 15.8. The maximum Gasteiger partial charge on any atom is 0.0583 e. The molecule has 3 heteroatoms. The van der Waals surface area contributed by atoms with Crippen molar-refractivity contribution in [1.82, 2.24) is 10.2 Å². The highest BCUT2D eigenvalue weighted by Crippen LogP contribution is 2.43. The Morgan fingerprint density at radius 3 is 2.48 bits per heavy atom. The van der Waals surface area contributed by atoms with Crippen molar-refractivity contribution in [3.05, 3.63) is 0 Å². The highest BCUT2D eigenvalue weighted by atomic mass is 16.3. The summed E-state index contributed by atoms with van der Waals surface area (Å²) in [5.74, 6) is 1.34. The smallest absolute Gasteiger partial charge is 0.0583 e. The number of fused-ring (bicyclic) bond motifs is 1. The Morgan fingerprint density at radius 2 is 1.86 bits per heavy atom. The van der Waals surface area contributed by atoms with Gasteiger partial charge in [0.25, 0.3) is 0 Å². The van der Waals surface area contributed by atoms with Gasteiger partial charge in [0.2, 0.25) is 0 Å². The zero-order valence-electron chi connectivity index (χ0n) is 14.2. The summed E-state index contributed by atoms with van der Waals surface area (Å²) >= 11 is 0. The number of hydrogen-bond acceptors (Lipinski definition) is 3. The molecule has 3 aliphatic rings. The van der Waals surface area contributed by atoms with Crippen LogP contribution >= 0.6 is 0 Å². The summed E-state index contributed by atoms with van der Waals surface area (Å²) in [6.07, 6.45) is 7.82. The van der Waals surface area contributed by atoms with E-state index < -0.39 is 0 Å². The molecule has 0 aromatic rings. The fourth-order valence-corrected chi connectivity index (χ4v) is 4.90. The monoisotopic (exact) mass is 294 g/mol. The molecule has 3 unspecified atom stereocenters. The van der Waals surface area contributed by atoms with Gasteiger partial charge in [-0.3, -0.25) is 0 Å². The van der Waals surface area contributed by atoms with Crippen LogP contribution in [0.4, 0.5) is 0 Å². The minimum Gasteiger partial charge on any atom is -0.393 e. The molecule has 0 spiro atoms. The summed E-state index contributed by atoms with van der Waals surface area (Å²) in [6.45, 7) is 11.6. The summed E-state index contributed by atoms with van der Waals surface area (Å²) in [5, 5.41) is 13.9. The number of nitrogens with one attached hydrogen (secondary N) is 1. The van der Waals surface area contributed by atoms with Gasteiger partial charge in [-0.25, -0.2) is 0 Å². The van der Waals surface area contributed by atoms with Crippen LogP contribution in [0.3, 0.4) is 0 Å². The molecule has 0 bridgehead atoms. The van der Waals surface area contributed by atoms with Crippen LogP contribution in [0.1, 0.15) is 59.3 Å². The first-order chi connectivity index (χ1) is 9.87. The van der Waals surface area contributed by atoms with E-state index in [9.17, 15) is 5.11 Å². The number of nitrogens with zero attached hydrogens (tertiary/aromatic N) is 1. The lowest BCUT2D eigenvalue weighted by molar-refractivity contribution is 0.110. The average Bonchev–Trinajstić information content (AvgIpc) is 3.07. The van der Waals surface area contributed by atoms with Gasteiger partial charge in [0.15, 0.2) is 0 Å². The van der Waals surface area contributed by atoms with Crippen molar-refractivity contribution in [1.29, 1.82) is 0 Å².